The van der Waals surface area contributed by atoms with Crippen LogP contribution in [0.5, 0.6) is 5.75 Å². The smallest absolute Gasteiger partial charge is 0.119 e. The van der Waals surface area contributed by atoms with E-state index in [9.17, 15) is 0 Å². The van der Waals surface area contributed by atoms with Crippen molar-refractivity contribution in [1.29, 1.82) is 0 Å². The second-order valence-electron chi connectivity index (χ2n) is 4.83. The molecule has 0 radical (unpaired) electrons. The van der Waals surface area contributed by atoms with Crippen LogP contribution >= 0.6 is 15.9 Å². The first-order valence-corrected chi connectivity index (χ1v) is 7.56. The summed E-state index contributed by atoms with van der Waals surface area (Å²) in [5.41, 5.74) is 2.63. The third kappa shape index (κ3) is 3.84. The molecular weight excluding hydrogens is 314 g/mol. The van der Waals surface area contributed by atoms with Gasteiger partial charge < -0.3 is 10.1 Å². The number of likely N-dealkylation sites (N-methyl/N-ethyl adjacent to an activating group) is 1. The summed E-state index contributed by atoms with van der Waals surface area (Å²) in [6.45, 7) is 0.944. The van der Waals surface area contributed by atoms with E-state index < -0.39 is 0 Å². The molecule has 0 spiro atoms. The highest BCUT2D eigenvalue weighted by atomic mass is 79.9. The minimum Gasteiger partial charge on any atom is -0.497 e. The predicted molar refractivity (Wildman–Crippen MR) is 87.5 cm³/mol. The minimum atomic E-state index is 0.433. The number of ether oxygens (including phenoxy) is 1. The van der Waals surface area contributed by atoms with Gasteiger partial charge in [-0.2, -0.15) is 0 Å². The molecule has 0 aromatic heterocycles. The molecule has 0 aliphatic carbocycles. The Hall–Kier alpha value is -1.32. The Bertz CT molecular complexity index is 556. The van der Waals surface area contributed by atoms with Crippen molar-refractivity contribution in [2.45, 2.75) is 12.3 Å². The van der Waals surface area contributed by atoms with Crippen LogP contribution in [0.25, 0.3) is 0 Å². The maximum atomic E-state index is 5.30. The van der Waals surface area contributed by atoms with Gasteiger partial charge in [-0.3, -0.25) is 0 Å². The Kier molecular flexibility index (Phi) is 5.62. The van der Waals surface area contributed by atoms with Gasteiger partial charge in [0.25, 0.3) is 0 Å². The van der Waals surface area contributed by atoms with Crippen LogP contribution in [0.3, 0.4) is 0 Å². The second-order valence-corrected chi connectivity index (χ2v) is 5.69. The third-order valence-electron chi connectivity index (χ3n) is 3.41. The zero-order valence-electron chi connectivity index (χ0n) is 11.9. The summed E-state index contributed by atoms with van der Waals surface area (Å²) in [5.74, 6) is 1.35. The van der Waals surface area contributed by atoms with Gasteiger partial charge in [-0.05, 0) is 42.8 Å². The van der Waals surface area contributed by atoms with E-state index in [2.05, 4.69) is 57.6 Å². The van der Waals surface area contributed by atoms with Crippen LogP contribution in [-0.4, -0.2) is 20.7 Å². The van der Waals surface area contributed by atoms with Crippen molar-refractivity contribution in [3.8, 4) is 5.75 Å². The summed E-state index contributed by atoms with van der Waals surface area (Å²) in [4.78, 5) is 0. The van der Waals surface area contributed by atoms with Crippen LogP contribution in [0.2, 0.25) is 0 Å². The van der Waals surface area contributed by atoms with Crippen molar-refractivity contribution in [3.63, 3.8) is 0 Å². The first-order valence-electron chi connectivity index (χ1n) is 6.76. The molecule has 0 saturated carbocycles. The molecule has 1 unspecified atom stereocenters. The molecule has 2 nitrogen and oxygen atoms in total. The van der Waals surface area contributed by atoms with Gasteiger partial charge in [-0.15, -0.1) is 0 Å². The molecule has 0 heterocycles. The van der Waals surface area contributed by atoms with Gasteiger partial charge in [-0.1, -0.05) is 46.3 Å². The highest BCUT2D eigenvalue weighted by molar-refractivity contribution is 9.10. The lowest BCUT2D eigenvalue weighted by atomic mass is 9.92. The van der Waals surface area contributed by atoms with E-state index in [4.69, 9.17) is 4.74 Å². The SMILES string of the molecule is CNCC(Cc1cccc(OC)c1)c1ccccc1Br. The quantitative estimate of drug-likeness (QED) is 0.862. The number of halogens is 1. The molecule has 1 N–H and O–H groups in total. The zero-order valence-corrected chi connectivity index (χ0v) is 13.5. The van der Waals surface area contributed by atoms with E-state index in [0.29, 0.717) is 5.92 Å². The molecule has 0 fully saturated rings. The fourth-order valence-corrected chi connectivity index (χ4v) is 3.04. The van der Waals surface area contributed by atoms with E-state index in [1.165, 1.54) is 15.6 Å². The molecule has 2 aromatic carbocycles. The standard InChI is InChI=1S/C17H20BrNO/c1-19-12-14(16-8-3-4-9-17(16)18)10-13-6-5-7-15(11-13)20-2/h3-9,11,14,19H,10,12H2,1-2H3. The Morgan fingerprint density at radius 2 is 1.95 bits per heavy atom. The Morgan fingerprint density at radius 1 is 1.15 bits per heavy atom. The molecular formula is C17H20BrNO. The minimum absolute atomic E-state index is 0.433. The lowest BCUT2D eigenvalue weighted by Gasteiger charge is -2.19. The van der Waals surface area contributed by atoms with Crippen molar-refractivity contribution in [2.75, 3.05) is 20.7 Å². The topological polar surface area (TPSA) is 21.3 Å². The van der Waals surface area contributed by atoms with Crippen LogP contribution in [-0.2, 0) is 6.42 Å². The molecule has 20 heavy (non-hydrogen) atoms. The van der Waals surface area contributed by atoms with E-state index in [1.54, 1.807) is 7.11 Å². The third-order valence-corrected chi connectivity index (χ3v) is 4.13. The highest BCUT2D eigenvalue weighted by Gasteiger charge is 2.14. The number of benzene rings is 2. The van der Waals surface area contributed by atoms with E-state index in [-0.39, 0.29) is 0 Å². The van der Waals surface area contributed by atoms with Crippen LogP contribution in [0.4, 0.5) is 0 Å². The van der Waals surface area contributed by atoms with Crippen LogP contribution in [0.15, 0.2) is 53.0 Å². The average Bonchev–Trinajstić information content (AvgIpc) is 2.47. The molecule has 0 amide bonds. The molecule has 3 heteroatoms. The van der Waals surface area contributed by atoms with Gasteiger partial charge in [0.1, 0.15) is 5.75 Å². The summed E-state index contributed by atoms with van der Waals surface area (Å²) in [6.07, 6.45) is 0.987. The number of rotatable bonds is 6. The van der Waals surface area contributed by atoms with E-state index in [1.807, 2.05) is 19.2 Å². The Balaban J connectivity index is 2.23. The lowest BCUT2D eigenvalue weighted by molar-refractivity contribution is 0.414. The molecule has 106 valence electrons. The fourth-order valence-electron chi connectivity index (χ4n) is 2.43. The Morgan fingerprint density at radius 3 is 2.65 bits per heavy atom. The lowest BCUT2D eigenvalue weighted by Crippen LogP contribution is -2.19. The van der Waals surface area contributed by atoms with Gasteiger partial charge in [-0.25, -0.2) is 0 Å². The fraction of sp³-hybridized carbons (Fsp3) is 0.294. The average molecular weight is 334 g/mol. The van der Waals surface area contributed by atoms with Gasteiger partial charge in [0.05, 0.1) is 7.11 Å². The van der Waals surface area contributed by atoms with E-state index >= 15 is 0 Å². The largest absolute Gasteiger partial charge is 0.497 e. The number of methoxy groups -OCH3 is 1. The van der Waals surface area contributed by atoms with Crippen molar-refractivity contribution >= 4 is 15.9 Å². The van der Waals surface area contributed by atoms with Crippen molar-refractivity contribution in [1.82, 2.24) is 5.32 Å². The van der Waals surface area contributed by atoms with Gasteiger partial charge in [0.2, 0.25) is 0 Å². The summed E-state index contributed by atoms with van der Waals surface area (Å²) in [5, 5.41) is 3.29. The van der Waals surface area contributed by atoms with Crippen molar-refractivity contribution in [2.24, 2.45) is 0 Å². The molecule has 0 bridgehead atoms. The number of nitrogens with one attached hydrogen (secondary N) is 1. The first-order chi connectivity index (χ1) is 9.74. The van der Waals surface area contributed by atoms with Crippen molar-refractivity contribution in [3.05, 3.63) is 64.1 Å². The summed E-state index contributed by atoms with van der Waals surface area (Å²) in [6, 6.07) is 16.7. The van der Waals surface area contributed by atoms with Gasteiger partial charge in [0.15, 0.2) is 0 Å². The molecule has 2 aromatic rings. The molecule has 2 rings (SSSR count). The van der Waals surface area contributed by atoms with Crippen LogP contribution in [0, 0.1) is 0 Å². The maximum Gasteiger partial charge on any atom is 0.119 e. The second kappa shape index (κ2) is 7.46. The highest BCUT2D eigenvalue weighted by Crippen LogP contribution is 2.28. The summed E-state index contributed by atoms with van der Waals surface area (Å²) >= 11 is 3.66. The first kappa shape index (κ1) is 15.1. The number of hydrogen-bond donors (Lipinski definition) is 1. The normalized spacial score (nSPS) is 12.2. The summed E-state index contributed by atoms with van der Waals surface area (Å²) in [7, 11) is 3.70. The van der Waals surface area contributed by atoms with Crippen LogP contribution in [0.1, 0.15) is 17.0 Å². The monoisotopic (exact) mass is 333 g/mol. The van der Waals surface area contributed by atoms with Gasteiger partial charge in [0, 0.05) is 16.9 Å². The maximum absolute atomic E-state index is 5.30. The Labute approximate surface area is 129 Å². The summed E-state index contributed by atoms with van der Waals surface area (Å²) < 4.78 is 6.47. The predicted octanol–water partition coefficient (Wildman–Crippen LogP) is 4.00. The molecule has 0 aliphatic rings. The van der Waals surface area contributed by atoms with Crippen LogP contribution < -0.4 is 10.1 Å². The zero-order chi connectivity index (χ0) is 14.4. The van der Waals surface area contributed by atoms with Crippen molar-refractivity contribution < 1.29 is 4.74 Å². The van der Waals surface area contributed by atoms with Gasteiger partial charge >= 0.3 is 0 Å². The molecule has 1 atom stereocenters. The molecule has 0 saturated heterocycles. The number of hydrogen-bond acceptors (Lipinski definition) is 2. The van der Waals surface area contributed by atoms with E-state index in [0.717, 1.165) is 18.7 Å². The molecule has 0 aliphatic heterocycles.